The molecule has 2 aromatic rings. The first kappa shape index (κ1) is 23.0. The third-order valence-electron chi connectivity index (χ3n) is 4.72. The zero-order valence-corrected chi connectivity index (χ0v) is 18.0. The van der Waals surface area contributed by atoms with Crippen LogP contribution in [0.2, 0.25) is 0 Å². The van der Waals surface area contributed by atoms with E-state index < -0.39 is 4.92 Å². The molecule has 0 aromatic heterocycles. The quantitative estimate of drug-likeness (QED) is 0.266. The normalized spacial score (nSPS) is 12.2. The Labute approximate surface area is 177 Å². The zero-order valence-electron chi connectivity index (χ0n) is 18.0. The minimum absolute atomic E-state index is 0.0775. The van der Waals surface area contributed by atoms with Crippen LogP contribution in [0.1, 0.15) is 31.4 Å². The van der Waals surface area contributed by atoms with Gasteiger partial charge in [0.2, 0.25) is 0 Å². The molecule has 0 amide bonds. The van der Waals surface area contributed by atoms with Crippen molar-refractivity contribution in [1.82, 2.24) is 10.6 Å². The third-order valence-corrected chi connectivity index (χ3v) is 4.72. The van der Waals surface area contributed by atoms with Crippen molar-refractivity contribution in [2.24, 2.45) is 4.99 Å². The number of non-ortho nitro benzene ring substituents is 1. The number of aliphatic imine (C=N–C) groups is 1. The van der Waals surface area contributed by atoms with Gasteiger partial charge in [0, 0.05) is 24.7 Å². The Morgan fingerprint density at radius 2 is 1.77 bits per heavy atom. The van der Waals surface area contributed by atoms with Crippen molar-refractivity contribution in [3.05, 3.63) is 63.7 Å². The van der Waals surface area contributed by atoms with Crippen LogP contribution in [-0.2, 0) is 13.0 Å². The number of ether oxygens (including phenoxy) is 2. The van der Waals surface area contributed by atoms with Crippen LogP contribution in [0.3, 0.4) is 0 Å². The van der Waals surface area contributed by atoms with E-state index >= 15 is 0 Å². The standard InChI is InChI=1S/C22H30N4O4/c1-5-16(2)25-22(24-15-18-6-9-19(10-7-18)26(27)28)23-13-12-17-8-11-20(29-3)21(14-17)30-4/h6-11,14,16H,5,12-13,15H2,1-4H3,(H2,23,24,25). The highest BCUT2D eigenvalue weighted by Crippen LogP contribution is 2.27. The maximum absolute atomic E-state index is 10.8. The van der Waals surface area contributed by atoms with Crippen molar-refractivity contribution in [3.8, 4) is 11.5 Å². The van der Waals surface area contributed by atoms with Gasteiger partial charge in [0.15, 0.2) is 17.5 Å². The lowest BCUT2D eigenvalue weighted by atomic mass is 10.1. The van der Waals surface area contributed by atoms with E-state index in [1.807, 2.05) is 18.2 Å². The fourth-order valence-corrected chi connectivity index (χ4v) is 2.74. The maximum Gasteiger partial charge on any atom is 0.269 e. The van der Waals surface area contributed by atoms with Crippen molar-refractivity contribution >= 4 is 11.6 Å². The molecule has 8 nitrogen and oxygen atoms in total. The van der Waals surface area contributed by atoms with E-state index in [9.17, 15) is 10.1 Å². The second kappa shape index (κ2) is 11.6. The van der Waals surface area contributed by atoms with Gasteiger partial charge in [0.05, 0.1) is 25.7 Å². The van der Waals surface area contributed by atoms with Crippen molar-refractivity contribution in [2.45, 2.75) is 39.3 Å². The first-order chi connectivity index (χ1) is 14.5. The SMILES string of the molecule is CCC(C)NC(=NCc1ccc([N+](=O)[O-])cc1)NCCc1ccc(OC)c(OC)c1. The first-order valence-electron chi connectivity index (χ1n) is 9.95. The highest BCUT2D eigenvalue weighted by molar-refractivity contribution is 5.80. The highest BCUT2D eigenvalue weighted by Gasteiger charge is 2.07. The van der Waals surface area contributed by atoms with Gasteiger partial charge in [0.1, 0.15) is 0 Å². The number of guanidine groups is 1. The van der Waals surface area contributed by atoms with Gasteiger partial charge in [-0.2, -0.15) is 0 Å². The predicted octanol–water partition coefficient (Wildman–Crippen LogP) is 3.69. The van der Waals surface area contributed by atoms with Gasteiger partial charge in [0.25, 0.3) is 5.69 Å². The van der Waals surface area contributed by atoms with Crippen molar-refractivity contribution in [3.63, 3.8) is 0 Å². The van der Waals surface area contributed by atoms with Crippen LogP contribution in [0, 0.1) is 10.1 Å². The minimum Gasteiger partial charge on any atom is -0.493 e. The molecular formula is C22H30N4O4. The molecule has 0 fully saturated rings. The summed E-state index contributed by atoms with van der Waals surface area (Å²) in [5.74, 6) is 2.13. The summed E-state index contributed by atoms with van der Waals surface area (Å²) in [5, 5.41) is 17.5. The molecule has 2 rings (SSSR count). The van der Waals surface area contributed by atoms with Crippen LogP contribution in [0.4, 0.5) is 5.69 Å². The van der Waals surface area contributed by atoms with Crippen molar-refractivity contribution < 1.29 is 14.4 Å². The number of nitrogens with one attached hydrogen (secondary N) is 2. The number of nitrogens with zero attached hydrogens (tertiary/aromatic N) is 2. The Bertz CT molecular complexity index is 853. The molecule has 1 atom stereocenters. The van der Waals surface area contributed by atoms with Gasteiger partial charge in [-0.1, -0.05) is 25.1 Å². The molecule has 2 aromatic carbocycles. The van der Waals surface area contributed by atoms with Gasteiger partial charge in [-0.3, -0.25) is 10.1 Å². The Kier molecular flexibility index (Phi) is 8.93. The summed E-state index contributed by atoms with van der Waals surface area (Å²) in [7, 11) is 3.24. The first-order valence-corrected chi connectivity index (χ1v) is 9.95. The molecule has 0 saturated carbocycles. The van der Waals surface area contributed by atoms with E-state index in [0.717, 1.165) is 24.0 Å². The van der Waals surface area contributed by atoms with Crippen LogP contribution in [0.5, 0.6) is 11.5 Å². The van der Waals surface area contributed by atoms with E-state index in [1.165, 1.54) is 12.1 Å². The molecule has 0 spiro atoms. The van der Waals surface area contributed by atoms with Crippen LogP contribution >= 0.6 is 0 Å². The molecule has 162 valence electrons. The number of hydrogen-bond donors (Lipinski definition) is 2. The average Bonchev–Trinajstić information content (AvgIpc) is 2.77. The molecule has 0 saturated heterocycles. The lowest BCUT2D eigenvalue weighted by molar-refractivity contribution is -0.384. The second-order valence-corrected chi connectivity index (χ2v) is 6.91. The maximum atomic E-state index is 10.8. The number of hydrogen-bond acceptors (Lipinski definition) is 5. The lowest BCUT2D eigenvalue weighted by Gasteiger charge is -2.17. The molecule has 0 aliphatic heterocycles. The number of nitro benzene ring substituents is 1. The van der Waals surface area contributed by atoms with Crippen LogP contribution < -0.4 is 20.1 Å². The fraction of sp³-hybridized carbons (Fsp3) is 0.409. The smallest absolute Gasteiger partial charge is 0.269 e. The Morgan fingerprint density at radius 3 is 2.37 bits per heavy atom. The molecule has 0 bridgehead atoms. The third kappa shape index (κ3) is 6.95. The molecule has 8 heteroatoms. The summed E-state index contributed by atoms with van der Waals surface area (Å²) >= 11 is 0. The largest absolute Gasteiger partial charge is 0.493 e. The fourth-order valence-electron chi connectivity index (χ4n) is 2.74. The van der Waals surface area contributed by atoms with E-state index in [0.29, 0.717) is 30.5 Å². The molecule has 2 N–H and O–H groups in total. The van der Waals surface area contributed by atoms with Gasteiger partial charge < -0.3 is 20.1 Å². The second-order valence-electron chi connectivity index (χ2n) is 6.91. The van der Waals surface area contributed by atoms with E-state index in [-0.39, 0.29) is 11.7 Å². The number of methoxy groups -OCH3 is 2. The predicted molar refractivity (Wildman–Crippen MR) is 118 cm³/mol. The molecule has 0 aliphatic carbocycles. The number of rotatable bonds is 10. The summed E-state index contributed by atoms with van der Waals surface area (Å²) in [6, 6.07) is 12.6. The summed E-state index contributed by atoms with van der Waals surface area (Å²) in [5.41, 5.74) is 2.11. The van der Waals surface area contributed by atoms with Crippen LogP contribution in [0.25, 0.3) is 0 Å². The summed E-state index contributed by atoms with van der Waals surface area (Å²) in [4.78, 5) is 15.0. The Hall–Kier alpha value is -3.29. The van der Waals surface area contributed by atoms with E-state index in [4.69, 9.17) is 9.47 Å². The van der Waals surface area contributed by atoms with Gasteiger partial charge >= 0.3 is 0 Å². The lowest BCUT2D eigenvalue weighted by Crippen LogP contribution is -2.42. The average molecular weight is 415 g/mol. The monoisotopic (exact) mass is 414 g/mol. The van der Waals surface area contributed by atoms with Crippen LogP contribution in [0.15, 0.2) is 47.5 Å². The minimum atomic E-state index is -0.404. The number of nitro groups is 1. The number of benzene rings is 2. The van der Waals surface area contributed by atoms with E-state index in [1.54, 1.807) is 26.4 Å². The Balaban J connectivity index is 2.00. The van der Waals surface area contributed by atoms with Gasteiger partial charge in [-0.05, 0) is 43.0 Å². The van der Waals surface area contributed by atoms with Crippen molar-refractivity contribution in [1.29, 1.82) is 0 Å². The summed E-state index contributed by atoms with van der Waals surface area (Å²) < 4.78 is 10.6. The molecule has 1 unspecified atom stereocenters. The molecule has 0 aliphatic rings. The summed E-state index contributed by atoms with van der Waals surface area (Å²) in [6.07, 6.45) is 1.76. The van der Waals surface area contributed by atoms with E-state index in [2.05, 4.69) is 29.5 Å². The highest BCUT2D eigenvalue weighted by atomic mass is 16.6. The molecular weight excluding hydrogens is 384 g/mol. The molecule has 0 heterocycles. The van der Waals surface area contributed by atoms with Gasteiger partial charge in [-0.15, -0.1) is 0 Å². The summed E-state index contributed by atoms with van der Waals surface area (Å²) in [6.45, 7) is 5.32. The van der Waals surface area contributed by atoms with Gasteiger partial charge in [-0.25, -0.2) is 4.99 Å². The molecule has 0 radical (unpaired) electrons. The topological polar surface area (TPSA) is 98.0 Å². The van der Waals surface area contributed by atoms with Crippen molar-refractivity contribution in [2.75, 3.05) is 20.8 Å². The Morgan fingerprint density at radius 1 is 1.10 bits per heavy atom. The molecule has 30 heavy (non-hydrogen) atoms. The zero-order chi connectivity index (χ0) is 21.9. The van der Waals surface area contributed by atoms with Crippen LogP contribution in [-0.4, -0.2) is 37.7 Å².